The molecule has 1 fully saturated rings. The number of nitrogens with zero attached hydrogens (tertiary/aromatic N) is 2. The van der Waals surface area contributed by atoms with Crippen molar-refractivity contribution >= 4 is 28.8 Å². The molecular weight excluding hydrogens is 352 g/mol. The molecule has 0 saturated carbocycles. The standard InChI is InChI=1S/C18H20N4O5/c1-4-18(3)16(25)22(17(26)21-18)9-13(23)27-10(2)14-19-12-8-6-5-7-11(12)15(24)20-14/h5-8,10H,4,9H2,1-3H3,(H,21,26)(H,19,20,24)/t10-,18-/m0/s1. The minimum atomic E-state index is -1.02. The highest BCUT2D eigenvalue weighted by molar-refractivity contribution is 6.08. The molecule has 2 N–H and O–H groups in total. The van der Waals surface area contributed by atoms with Crippen LogP contribution in [0, 0.1) is 0 Å². The highest BCUT2D eigenvalue weighted by Crippen LogP contribution is 2.21. The number of carbonyl (C=O) groups is 3. The number of benzene rings is 1. The quantitative estimate of drug-likeness (QED) is 0.602. The molecule has 2 aromatic rings. The number of aromatic amines is 1. The van der Waals surface area contributed by atoms with Crippen molar-refractivity contribution in [3.05, 3.63) is 40.4 Å². The fourth-order valence-electron chi connectivity index (χ4n) is 2.85. The van der Waals surface area contributed by atoms with Gasteiger partial charge in [-0.25, -0.2) is 9.78 Å². The number of carbonyl (C=O) groups excluding carboxylic acids is 3. The molecule has 142 valence electrons. The van der Waals surface area contributed by atoms with Crippen LogP contribution in [0.5, 0.6) is 0 Å². The smallest absolute Gasteiger partial charge is 0.326 e. The van der Waals surface area contributed by atoms with E-state index in [2.05, 4.69) is 15.3 Å². The van der Waals surface area contributed by atoms with E-state index in [1.54, 1.807) is 45.0 Å². The van der Waals surface area contributed by atoms with Gasteiger partial charge in [0.2, 0.25) is 0 Å². The van der Waals surface area contributed by atoms with Gasteiger partial charge in [-0.1, -0.05) is 19.1 Å². The SMILES string of the molecule is CC[C@]1(C)NC(=O)N(CC(=O)O[C@@H](C)c2nc3ccccc3c(=O)[nH]2)C1=O. The van der Waals surface area contributed by atoms with Gasteiger partial charge < -0.3 is 15.0 Å². The van der Waals surface area contributed by atoms with E-state index in [0.717, 1.165) is 4.90 Å². The third-order valence-electron chi connectivity index (χ3n) is 4.66. The van der Waals surface area contributed by atoms with Crippen molar-refractivity contribution in [2.75, 3.05) is 6.54 Å². The summed E-state index contributed by atoms with van der Waals surface area (Å²) >= 11 is 0. The largest absolute Gasteiger partial charge is 0.453 e. The molecule has 9 nitrogen and oxygen atoms in total. The van der Waals surface area contributed by atoms with Crippen LogP contribution in [0.4, 0.5) is 4.79 Å². The maximum Gasteiger partial charge on any atom is 0.326 e. The highest BCUT2D eigenvalue weighted by Gasteiger charge is 2.47. The number of ether oxygens (including phenoxy) is 1. The summed E-state index contributed by atoms with van der Waals surface area (Å²) in [5, 5.41) is 3.00. The molecule has 1 aromatic heterocycles. The van der Waals surface area contributed by atoms with Gasteiger partial charge in [-0.2, -0.15) is 0 Å². The van der Waals surface area contributed by atoms with Gasteiger partial charge in [0, 0.05) is 0 Å². The number of para-hydroxylation sites is 1. The van der Waals surface area contributed by atoms with E-state index in [1.165, 1.54) is 0 Å². The summed E-state index contributed by atoms with van der Waals surface area (Å²) in [4.78, 5) is 56.3. The lowest BCUT2D eigenvalue weighted by atomic mass is 9.99. The van der Waals surface area contributed by atoms with Crippen molar-refractivity contribution < 1.29 is 19.1 Å². The lowest BCUT2D eigenvalue weighted by molar-refractivity contribution is -0.152. The molecule has 9 heteroatoms. The molecule has 0 spiro atoms. The van der Waals surface area contributed by atoms with Crippen molar-refractivity contribution in [1.82, 2.24) is 20.2 Å². The Morgan fingerprint density at radius 3 is 2.67 bits per heavy atom. The lowest BCUT2D eigenvalue weighted by Gasteiger charge is -2.19. The van der Waals surface area contributed by atoms with Gasteiger partial charge >= 0.3 is 12.0 Å². The number of esters is 1. The molecule has 2 atom stereocenters. The summed E-state index contributed by atoms with van der Waals surface area (Å²) in [6, 6.07) is 6.17. The Morgan fingerprint density at radius 1 is 1.30 bits per heavy atom. The Hall–Kier alpha value is -3.23. The minimum Gasteiger partial charge on any atom is -0.453 e. The number of fused-ring (bicyclic) bond motifs is 1. The Bertz CT molecular complexity index is 985. The van der Waals surface area contributed by atoms with Gasteiger partial charge in [0.25, 0.3) is 11.5 Å². The molecule has 3 amide bonds. The third-order valence-corrected chi connectivity index (χ3v) is 4.66. The van der Waals surface area contributed by atoms with Gasteiger partial charge in [-0.15, -0.1) is 0 Å². The van der Waals surface area contributed by atoms with Crippen LogP contribution in [0.2, 0.25) is 0 Å². The lowest BCUT2D eigenvalue weighted by Crippen LogP contribution is -2.43. The second-order valence-corrected chi connectivity index (χ2v) is 6.61. The molecule has 0 unspecified atom stereocenters. The topological polar surface area (TPSA) is 121 Å². The summed E-state index contributed by atoms with van der Waals surface area (Å²) in [6.07, 6.45) is -0.449. The molecular formula is C18H20N4O5. The number of nitrogens with one attached hydrogen (secondary N) is 2. The molecule has 0 radical (unpaired) electrons. The molecule has 1 aliphatic heterocycles. The molecule has 1 saturated heterocycles. The number of hydrogen-bond acceptors (Lipinski definition) is 6. The number of urea groups is 1. The predicted octanol–water partition coefficient (Wildman–Crippen LogP) is 1.25. The molecule has 0 aliphatic carbocycles. The van der Waals surface area contributed by atoms with Gasteiger partial charge in [-0.3, -0.25) is 19.3 Å². The zero-order valence-corrected chi connectivity index (χ0v) is 15.2. The van der Waals surface area contributed by atoms with Crippen molar-refractivity contribution in [3.8, 4) is 0 Å². The summed E-state index contributed by atoms with van der Waals surface area (Å²) in [7, 11) is 0. The van der Waals surface area contributed by atoms with Crippen LogP contribution in [0.15, 0.2) is 29.1 Å². The first-order valence-corrected chi connectivity index (χ1v) is 8.57. The van der Waals surface area contributed by atoms with Crippen LogP contribution in [-0.2, 0) is 14.3 Å². The van der Waals surface area contributed by atoms with Gasteiger partial charge in [0.15, 0.2) is 11.9 Å². The number of imide groups is 1. The molecule has 27 heavy (non-hydrogen) atoms. The summed E-state index contributed by atoms with van der Waals surface area (Å²) in [5.41, 5.74) is -0.882. The third kappa shape index (κ3) is 3.40. The van der Waals surface area contributed by atoms with Crippen LogP contribution >= 0.6 is 0 Å². The van der Waals surface area contributed by atoms with Crippen molar-refractivity contribution in [2.45, 2.75) is 38.8 Å². The molecule has 2 heterocycles. The summed E-state index contributed by atoms with van der Waals surface area (Å²) in [5.74, 6) is -1.07. The first kappa shape index (κ1) is 18.6. The number of amides is 3. The zero-order valence-electron chi connectivity index (χ0n) is 15.2. The van der Waals surface area contributed by atoms with Crippen molar-refractivity contribution in [1.29, 1.82) is 0 Å². The van der Waals surface area contributed by atoms with Crippen LogP contribution in [0.1, 0.15) is 39.1 Å². The van der Waals surface area contributed by atoms with Crippen molar-refractivity contribution in [3.63, 3.8) is 0 Å². The van der Waals surface area contributed by atoms with Crippen LogP contribution in [-0.4, -0.2) is 44.9 Å². The maximum atomic E-state index is 12.3. The minimum absolute atomic E-state index is 0.183. The fourth-order valence-corrected chi connectivity index (χ4v) is 2.85. The second kappa shape index (κ2) is 6.82. The van der Waals surface area contributed by atoms with Gasteiger partial charge in [-0.05, 0) is 32.4 Å². The average Bonchev–Trinajstić information content (AvgIpc) is 2.85. The van der Waals surface area contributed by atoms with E-state index >= 15 is 0 Å². The fraction of sp³-hybridized carbons (Fsp3) is 0.389. The number of H-pyrrole nitrogens is 1. The Labute approximate surface area is 154 Å². The van der Waals surface area contributed by atoms with Crippen LogP contribution in [0.3, 0.4) is 0 Å². The first-order valence-electron chi connectivity index (χ1n) is 8.57. The Kier molecular flexibility index (Phi) is 4.69. The zero-order chi connectivity index (χ0) is 19.8. The molecule has 1 aliphatic rings. The highest BCUT2D eigenvalue weighted by atomic mass is 16.5. The first-order chi connectivity index (χ1) is 12.7. The van der Waals surface area contributed by atoms with E-state index in [-0.39, 0.29) is 11.4 Å². The predicted molar refractivity (Wildman–Crippen MR) is 95.8 cm³/mol. The monoisotopic (exact) mass is 372 g/mol. The normalized spacial score (nSPS) is 20.6. The molecule has 0 bridgehead atoms. The maximum absolute atomic E-state index is 12.3. The van der Waals surface area contributed by atoms with Crippen LogP contribution < -0.4 is 10.9 Å². The molecule has 1 aromatic carbocycles. The number of aromatic nitrogens is 2. The van der Waals surface area contributed by atoms with E-state index in [0.29, 0.717) is 17.3 Å². The van der Waals surface area contributed by atoms with Gasteiger partial charge in [0.05, 0.1) is 10.9 Å². The van der Waals surface area contributed by atoms with E-state index < -0.39 is 36.1 Å². The summed E-state index contributed by atoms with van der Waals surface area (Å²) < 4.78 is 5.26. The van der Waals surface area contributed by atoms with E-state index in [9.17, 15) is 19.2 Å². The number of hydrogen-bond donors (Lipinski definition) is 2. The average molecular weight is 372 g/mol. The van der Waals surface area contributed by atoms with Gasteiger partial charge in [0.1, 0.15) is 12.1 Å². The second-order valence-electron chi connectivity index (χ2n) is 6.61. The Morgan fingerprint density at radius 2 is 2.00 bits per heavy atom. The van der Waals surface area contributed by atoms with E-state index in [1.807, 2.05) is 0 Å². The molecule has 3 rings (SSSR count). The van der Waals surface area contributed by atoms with Crippen molar-refractivity contribution in [2.24, 2.45) is 0 Å². The number of rotatable bonds is 5. The Balaban J connectivity index is 1.72. The summed E-state index contributed by atoms with van der Waals surface area (Å²) in [6.45, 7) is 4.41. The van der Waals surface area contributed by atoms with E-state index in [4.69, 9.17) is 4.74 Å². The van der Waals surface area contributed by atoms with Crippen LogP contribution in [0.25, 0.3) is 10.9 Å².